The van der Waals surface area contributed by atoms with E-state index < -0.39 is 22.8 Å². The smallest absolute Gasteiger partial charge is 0.315 e. The second-order valence-electron chi connectivity index (χ2n) is 5.84. The topological polar surface area (TPSA) is 74.6 Å². The van der Waals surface area contributed by atoms with Gasteiger partial charge in [0.05, 0.1) is 0 Å². The lowest BCUT2D eigenvalue weighted by molar-refractivity contribution is -0.168. The third-order valence-corrected chi connectivity index (χ3v) is 5.62. The van der Waals surface area contributed by atoms with Crippen molar-refractivity contribution >= 4 is 11.9 Å². The molecule has 2 unspecified atom stereocenters. The van der Waals surface area contributed by atoms with Gasteiger partial charge in [-0.3, -0.25) is 9.59 Å². The van der Waals surface area contributed by atoms with Crippen molar-refractivity contribution in [3.05, 3.63) is 22.3 Å². The van der Waals surface area contributed by atoms with E-state index in [0.29, 0.717) is 17.6 Å². The van der Waals surface area contributed by atoms with Crippen molar-refractivity contribution in [2.75, 3.05) is 0 Å². The van der Waals surface area contributed by atoms with Crippen LogP contribution < -0.4 is 0 Å². The molecule has 21 heavy (non-hydrogen) atoms. The minimum absolute atomic E-state index is 0.264. The first-order valence-corrected chi connectivity index (χ1v) is 7.54. The summed E-state index contributed by atoms with van der Waals surface area (Å²) in [5.41, 5.74) is 0.561. The molecule has 118 valence electrons. The lowest BCUT2D eigenvalue weighted by atomic mass is 9.50. The molecule has 2 N–H and O–H groups in total. The zero-order chi connectivity index (χ0) is 16.6. The molecule has 0 fully saturated rings. The molecule has 0 heterocycles. The number of allylic oxidation sites excluding steroid dienone is 2. The van der Waals surface area contributed by atoms with Crippen molar-refractivity contribution in [3.8, 4) is 0 Å². The van der Waals surface area contributed by atoms with Gasteiger partial charge in [0.25, 0.3) is 0 Å². The molecule has 0 bridgehead atoms. The first-order valence-electron chi connectivity index (χ1n) is 7.54. The van der Waals surface area contributed by atoms with Gasteiger partial charge in [0, 0.05) is 0 Å². The summed E-state index contributed by atoms with van der Waals surface area (Å²) in [6, 6.07) is 0. The summed E-state index contributed by atoms with van der Waals surface area (Å²) in [5, 5.41) is 19.9. The summed E-state index contributed by atoms with van der Waals surface area (Å²) in [4.78, 5) is 24.4. The molecule has 0 saturated carbocycles. The summed E-state index contributed by atoms with van der Waals surface area (Å²) >= 11 is 0. The van der Waals surface area contributed by atoms with Crippen molar-refractivity contribution in [2.24, 2.45) is 10.8 Å². The summed E-state index contributed by atoms with van der Waals surface area (Å²) in [5.74, 6) is -2.08. The van der Waals surface area contributed by atoms with E-state index in [1.807, 2.05) is 13.8 Å². The van der Waals surface area contributed by atoms with Gasteiger partial charge in [-0.05, 0) is 51.2 Å². The molecule has 1 rings (SSSR count). The van der Waals surface area contributed by atoms with Crippen molar-refractivity contribution in [1.82, 2.24) is 0 Å². The van der Waals surface area contributed by atoms with Crippen molar-refractivity contribution < 1.29 is 19.8 Å². The van der Waals surface area contributed by atoms with Crippen molar-refractivity contribution in [1.29, 1.82) is 0 Å². The van der Waals surface area contributed by atoms with E-state index in [0.717, 1.165) is 11.1 Å². The first kappa shape index (κ1) is 17.5. The van der Waals surface area contributed by atoms with Crippen LogP contribution in [0.2, 0.25) is 0 Å². The van der Waals surface area contributed by atoms with Crippen LogP contribution in [0.3, 0.4) is 0 Å². The van der Waals surface area contributed by atoms with Gasteiger partial charge < -0.3 is 10.2 Å². The Morgan fingerprint density at radius 1 is 0.857 bits per heavy atom. The molecule has 4 nitrogen and oxygen atoms in total. The molecular formula is C17H26O4. The maximum absolute atomic E-state index is 12.2. The van der Waals surface area contributed by atoms with Gasteiger partial charge in [-0.25, -0.2) is 0 Å². The Bertz CT molecular complexity index is 541. The van der Waals surface area contributed by atoms with Crippen LogP contribution in [0.1, 0.15) is 60.8 Å². The lowest BCUT2D eigenvalue weighted by Crippen LogP contribution is -2.55. The monoisotopic (exact) mass is 294 g/mol. The molecule has 1 aliphatic carbocycles. The summed E-state index contributed by atoms with van der Waals surface area (Å²) in [6.07, 6.45) is 1.24. The van der Waals surface area contributed by atoms with Gasteiger partial charge in [-0.1, -0.05) is 31.9 Å². The minimum Gasteiger partial charge on any atom is -0.481 e. The van der Waals surface area contributed by atoms with Crippen molar-refractivity contribution in [3.63, 3.8) is 0 Å². The van der Waals surface area contributed by atoms with Crippen LogP contribution in [-0.4, -0.2) is 22.2 Å². The van der Waals surface area contributed by atoms with Gasteiger partial charge >= 0.3 is 11.9 Å². The van der Waals surface area contributed by atoms with Crippen LogP contribution in [-0.2, 0) is 9.59 Å². The Hall–Kier alpha value is -1.58. The predicted molar refractivity (Wildman–Crippen MR) is 82.1 cm³/mol. The Morgan fingerprint density at radius 3 is 1.52 bits per heavy atom. The number of rotatable bonds is 5. The Labute approximate surface area is 126 Å². The van der Waals surface area contributed by atoms with E-state index in [-0.39, 0.29) is 12.8 Å². The maximum Gasteiger partial charge on any atom is 0.315 e. The van der Waals surface area contributed by atoms with Crippen LogP contribution in [0.15, 0.2) is 22.3 Å². The van der Waals surface area contributed by atoms with Gasteiger partial charge in [0.2, 0.25) is 0 Å². The van der Waals surface area contributed by atoms with E-state index in [4.69, 9.17) is 0 Å². The third-order valence-electron chi connectivity index (χ3n) is 5.62. The fourth-order valence-electron chi connectivity index (χ4n) is 4.38. The minimum atomic E-state index is -1.37. The SMILES string of the molecule is CCC1=C(C)C(CC)(C(=O)O)C(CC)(C(=O)O)C(C)=C1C. The first-order chi connectivity index (χ1) is 9.68. The number of carbonyl (C=O) groups is 2. The number of carboxylic acids is 2. The van der Waals surface area contributed by atoms with Crippen molar-refractivity contribution in [2.45, 2.75) is 60.8 Å². The molecule has 2 atom stereocenters. The summed E-state index contributed by atoms with van der Waals surface area (Å²) < 4.78 is 0. The molecular weight excluding hydrogens is 268 g/mol. The Morgan fingerprint density at radius 2 is 1.24 bits per heavy atom. The summed E-state index contributed by atoms with van der Waals surface area (Å²) in [6.45, 7) is 11.0. The molecule has 0 aromatic carbocycles. The van der Waals surface area contributed by atoms with E-state index in [1.54, 1.807) is 27.7 Å². The molecule has 0 aromatic heterocycles. The van der Waals surface area contributed by atoms with Gasteiger partial charge in [-0.15, -0.1) is 0 Å². The fourth-order valence-corrected chi connectivity index (χ4v) is 4.38. The van der Waals surface area contributed by atoms with Crippen LogP contribution in [0, 0.1) is 10.8 Å². The van der Waals surface area contributed by atoms with E-state index in [9.17, 15) is 19.8 Å². The zero-order valence-electron chi connectivity index (χ0n) is 13.8. The highest BCUT2D eigenvalue weighted by molar-refractivity contribution is 5.93. The second-order valence-corrected chi connectivity index (χ2v) is 5.84. The van der Waals surface area contributed by atoms with E-state index >= 15 is 0 Å². The number of aliphatic carboxylic acids is 2. The number of carboxylic acid groups (broad SMARTS) is 2. The third kappa shape index (κ3) is 1.88. The van der Waals surface area contributed by atoms with E-state index in [2.05, 4.69) is 0 Å². The molecule has 1 aliphatic rings. The van der Waals surface area contributed by atoms with Gasteiger partial charge in [0.1, 0.15) is 10.8 Å². The number of hydrogen-bond donors (Lipinski definition) is 2. The standard InChI is InChI=1S/C17H26O4/c1-7-13-10(4)11(5)16(8-2,14(18)19)17(9-3,12(13)6)15(20)21/h7-9H2,1-6H3,(H,18,19)(H,20,21). The maximum atomic E-state index is 12.2. The molecule has 0 aromatic rings. The number of hydrogen-bond acceptors (Lipinski definition) is 2. The fraction of sp³-hybridized carbons (Fsp3) is 0.647. The molecule has 4 heteroatoms. The van der Waals surface area contributed by atoms with Crippen LogP contribution in [0.25, 0.3) is 0 Å². The second kappa shape index (κ2) is 5.66. The largest absolute Gasteiger partial charge is 0.481 e. The zero-order valence-corrected chi connectivity index (χ0v) is 13.8. The Balaban J connectivity index is 3.98. The highest BCUT2D eigenvalue weighted by Crippen LogP contribution is 2.60. The van der Waals surface area contributed by atoms with Gasteiger partial charge in [-0.2, -0.15) is 0 Å². The lowest BCUT2D eigenvalue weighted by Gasteiger charge is -2.50. The predicted octanol–water partition coefficient (Wildman–Crippen LogP) is 4.02. The quantitative estimate of drug-likeness (QED) is 0.803. The highest BCUT2D eigenvalue weighted by atomic mass is 16.4. The molecule has 0 radical (unpaired) electrons. The molecule has 0 spiro atoms. The highest BCUT2D eigenvalue weighted by Gasteiger charge is 2.63. The van der Waals surface area contributed by atoms with Crippen LogP contribution in [0.5, 0.6) is 0 Å². The average molecular weight is 294 g/mol. The normalized spacial score (nSPS) is 29.8. The molecule has 0 saturated heterocycles. The summed E-state index contributed by atoms with van der Waals surface area (Å²) in [7, 11) is 0. The van der Waals surface area contributed by atoms with E-state index in [1.165, 1.54) is 0 Å². The average Bonchev–Trinajstić information content (AvgIpc) is 2.42. The Kier molecular flexibility index (Phi) is 4.71. The molecule has 0 aliphatic heterocycles. The van der Waals surface area contributed by atoms with Gasteiger partial charge in [0.15, 0.2) is 0 Å². The van der Waals surface area contributed by atoms with Crippen LogP contribution >= 0.6 is 0 Å². The van der Waals surface area contributed by atoms with Crippen LogP contribution in [0.4, 0.5) is 0 Å². The molecule has 0 amide bonds.